The molecule has 0 radical (unpaired) electrons. The molecule has 19 heavy (non-hydrogen) atoms. The molecule has 100 valence electrons. The second-order valence-corrected chi connectivity index (χ2v) is 6.41. The number of carbonyl (C=O) groups is 1. The van der Waals surface area contributed by atoms with E-state index >= 15 is 0 Å². The van der Waals surface area contributed by atoms with Gasteiger partial charge in [0.15, 0.2) is 0 Å². The van der Waals surface area contributed by atoms with E-state index in [4.69, 9.17) is 0 Å². The average molecular weight is 272 g/mol. The summed E-state index contributed by atoms with van der Waals surface area (Å²) in [6.07, 6.45) is 0. The number of thiophene rings is 1. The lowest BCUT2D eigenvalue weighted by molar-refractivity contribution is 0.104. The molecule has 0 N–H and O–H groups in total. The van der Waals surface area contributed by atoms with Gasteiger partial charge in [-0.25, -0.2) is 0 Å². The van der Waals surface area contributed by atoms with Crippen LogP contribution >= 0.6 is 11.3 Å². The summed E-state index contributed by atoms with van der Waals surface area (Å²) in [5, 5.41) is 1.95. The van der Waals surface area contributed by atoms with E-state index in [0.717, 1.165) is 16.0 Å². The van der Waals surface area contributed by atoms with Gasteiger partial charge in [0.25, 0.3) is 0 Å². The Bertz CT molecular complexity index is 565. The predicted octanol–water partition coefficient (Wildman–Crippen LogP) is 5.23. The van der Waals surface area contributed by atoms with Crippen LogP contribution in [0.15, 0.2) is 35.7 Å². The van der Waals surface area contributed by atoms with Crippen molar-refractivity contribution in [1.29, 1.82) is 0 Å². The lowest BCUT2D eigenvalue weighted by Crippen LogP contribution is -2.06. The first-order valence-electron chi connectivity index (χ1n) is 6.72. The lowest BCUT2D eigenvalue weighted by atomic mass is 9.89. The molecule has 0 spiro atoms. The normalized spacial score (nSPS) is 11.3. The van der Waals surface area contributed by atoms with Gasteiger partial charge in [0, 0.05) is 5.56 Å². The second kappa shape index (κ2) is 5.70. The number of hydrogen-bond acceptors (Lipinski definition) is 2. The van der Waals surface area contributed by atoms with Gasteiger partial charge >= 0.3 is 0 Å². The monoisotopic (exact) mass is 272 g/mol. The minimum atomic E-state index is 0.147. The van der Waals surface area contributed by atoms with E-state index in [0.29, 0.717) is 11.8 Å². The number of ketones is 1. The van der Waals surface area contributed by atoms with Crippen LogP contribution in [-0.2, 0) is 0 Å². The molecule has 0 bridgehead atoms. The fourth-order valence-corrected chi connectivity index (χ4v) is 2.84. The molecule has 0 aliphatic heterocycles. The predicted molar refractivity (Wildman–Crippen MR) is 82.4 cm³/mol. The van der Waals surface area contributed by atoms with Gasteiger partial charge in [-0.3, -0.25) is 4.79 Å². The van der Waals surface area contributed by atoms with Crippen molar-refractivity contribution in [2.45, 2.75) is 39.5 Å². The average Bonchev–Trinajstić information content (AvgIpc) is 2.90. The number of rotatable bonds is 4. The third kappa shape index (κ3) is 2.95. The minimum Gasteiger partial charge on any atom is -0.288 e. The Hall–Kier alpha value is -1.41. The first-order chi connectivity index (χ1) is 9.00. The molecule has 0 aliphatic rings. The van der Waals surface area contributed by atoms with E-state index < -0.39 is 0 Å². The summed E-state index contributed by atoms with van der Waals surface area (Å²) in [6, 6.07) is 10.1. The SMILES string of the molecule is CC(C)c1ccc(C(=O)c2cccs2)c(C(C)C)c1. The van der Waals surface area contributed by atoms with Crippen molar-refractivity contribution in [2.24, 2.45) is 0 Å². The van der Waals surface area contributed by atoms with Crippen molar-refractivity contribution in [1.82, 2.24) is 0 Å². The van der Waals surface area contributed by atoms with Crippen molar-refractivity contribution in [2.75, 3.05) is 0 Å². The second-order valence-electron chi connectivity index (χ2n) is 5.46. The lowest BCUT2D eigenvalue weighted by Gasteiger charge is -2.15. The number of hydrogen-bond donors (Lipinski definition) is 0. The van der Waals surface area contributed by atoms with Crippen LogP contribution in [0, 0.1) is 0 Å². The zero-order chi connectivity index (χ0) is 14.0. The summed E-state index contributed by atoms with van der Waals surface area (Å²) < 4.78 is 0. The van der Waals surface area contributed by atoms with Crippen LogP contribution in [0.3, 0.4) is 0 Å². The van der Waals surface area contributed by atoms with Crippen LogP contribution in [0.1, 0.15) is 65.9 Å². The Labute approximate surface area is 119 Å². The maximum Gasteiger partial charge on any atom is 0.203 e. The molecule has 0 unspecified atom stereocenters. The summed E-state index contributed by atoms with van der Waals surface area (Å²) in [7, 11) is 0. The van der Waals surface area contributed by atoms with Gasteiger partial charge in [0.2, 0.25) is 5.78 Å². The standard InChI is InChI=1S/C17H20OS/c1-11(2)13-7-8-14(15(10-13)12(3)4)17(18)16-6-5-9-19-16/h5-12H,1-4H3. The molecule has 2 rings (SSSR count). The number of benzene rings is 1. The van der Waals surface area contributed by atoms with Gasteiger partial charge in [0.1, 0.15) is 0 Å². The van der Waals surface area contributed by atoms with Crippen molar-refractivity contribution in [3.63, 3.8) is 0 Å². The molecule has 0 saturated carbocycles. The van der Waals surface area contributed by atoms with E-state index in [1.807, 2.05) is 23.6 Å². The van der Waals surface area contributed by atoms with E-state index in [1.165, 1.54) is 16.9 Å². The van der Waals surface area contributed by atoms with Crippen LogP contribution < -0.4 is 0 Å². The summed E-state index contributed by atoms with van der Waals surface area (Å²) >= 11 is 1.51. The highest BCUT2D eigenvalue weighted by molar-refractivity contribution is 7.12. The van der Waals surface area contributed by atoms with Gasteiger partial charge in [-0.15, -0.1) is 11.3 Å². The molecule has 1 nitrogen and oxygen atoms in total. The van der Waals surface area contributed by atoms with E-state index in [-0.39, 0.29) is 5.78 Å². The van der Waals surface area contributed by atoms with Gasteiger partial charge < -0.3 is 0 Å². The molecule has 0 saturated heterocycles. The quantitative estimate of drug-likeness (QED) is 0.697. The van der Waals surface area contributed by atoms with Gasteiger partial charge in [0.05, 0.1) is 4.88 Å². The molecule has 0 amide bonds. The molecule has 0 aliphatic carbocycles. The molecule has 0 atom stereocenters. The summed E-state index contributed by atoms with van der Waals surface area (Å²) in [4.78, 5) is 13.3. The third-order valence-corrected chi connectivity index (χ3v) is 4.22. The molecule has 1 heterocycles. The van der Waals surface area contributed by atoms with Crippen LogP contribution in [0.2, 0.25) is 0 Å². The van der Waals surface area contributed by atoms with Crippen molar-refractivity contribution in [3.8, 4) is 0 Å². The minimum absolute atomic E-state index is 0.147. The van der Waals surface area contributed by atoms with E-state index in [1.54, 1.807) is 0 Å². The highest BCUT2D eigenvalue weighted by Gasteiger charge is 2.17. The topological polar surface area (TPSA) is 17.1 Å². The Kier molecular flexibility index (Phi) is 4.20. The van der Waals surface area contributed by atoms with Gasteiger partial charge in [-0.1, -0.05) is 52.0 Å². The number of carbonyl (C=O) groups excluding carboxylic acids is 1. The largest absolute Gasteiger partial charge is 0.288 e. The highest BCUT2D eigenvalue weighted by atomic mass is 32.1. The summed E-state index contributed by atoms with van der Waals surface area (Å²) in [6.45, 7) is 8.65. The Balaban J connectivity index is 2.48. The maximum absolute atomic E-state index is 12.5. The van der Waals surface area contributed by atoms with Crippen LogP contribution in [0.25, 0.3) is 0 Å². The smallest absolute Gasteiger partial charge is 0.203 e. The maximum atomic E-state index is 12.5. The molecular formula is C17H20OS. The Morgan fingerprint density at radius 2 is 1.79 bits per heavy atom. The fraction of sp³-hybridized carbons (Fsp3) is 0.353. The van der Waals surface area contributed by atoms with Crippen LogP contribution in [-0.4, -0.2) is 5.78 Å². The summed E-state index contributed by atoms with van der Waals surface area (Å²) in [5.41, 5.74) is 3.30. The summed E-state index contributed by atoms with van der Waals surface area (Å²) in [5.74, 6) is 0.995. The van der Waals surface area contributed by atoms with Crippen molar-refractivity contribution >= 4 is 17.1 Å². The fourth-order valence-electron chi connectivity index (χ4n) is 2.17. The van der Waals surface area contributed by atoms with E-state index in [9.17, 15) is 4.79 Å². The first-order valence-corrected chi connectivity index (χ1v) is 7.60. The van der Waals surface area contributed by atoms with Crippen molar-refractivity contribution < 1.29 is 4.79 Å². The molecule has 0 fully saturated rings. The van der Waals surface area contributed by atoms with Crippen molar-refractivity contribution in [3.05, 3.63) is 57.3 Å². The van der Waals surface area contributed by atoms with Crippen LogP contribution in [0.5, 0.6) is 0 Å². The molecule has 1 aromatic heterocycles. The van der Waals surface area contributed by atoms with Gasteiger partial charge in [-0.05, 0) is 34.4 Å². The van der Waals surface area contributed by atoms with Gasteiger partial charge in [-0.2, -0.15) is 0 Å². The third-order valence-electron chi connectivity index (χ3n) is 3.35. The first kappa shape index (κ1) is 14.0. The molecule has 1 aromatic carbocycles. The molecular weight excluding hydrogens is 252 g/mol. The highest BCUT2D eigenvalue weighted by Crippen LogP contribution is 2.27. The molecule has 2 aromatic rings. The van der Waals surface area contributed by atoms with Crippen LogP contribution in [0.4, 0.5) is 0 Å². The Morgan fingerprint density at radius 3 is 2.32 bits per heavy atom. The Morgan fingerprint density at radius 1 is 1.05 bits per heavy atom. The zero-order valence-electron chi connectivity index (χ0n) is 11.9. The molecule has 2 heteroatoms. The van der Waals surface area contributed by atoms with E-state index in [2.05, 4.69) is 39.8 Å². The zero-order valence-corrected chi connectivity index (χ0v) is 12.8.